The zero-order valence-corrected chi connectivity index (χ0v) is 10.5. The third-order valence-electron chi connectivity index (χ3n) is 2.66. The molecular weight excluding hydrogens is 259 g/mol. The van der Waals surface area contributed by atoms with Gasteiger partial charge in [-0.1, -0.05) is 30.3 Å². The highest BCUT2D eigenvalue weighted by atomic mass is 19.1. The highest BCUT2D eigenvalue weighted by Crippen LogP contribution is 2.13. The van der Waals surface area contributed by atoms with E-state index in [1.807, 2.05) is 30.3 Å². The summed E-state index contributed by atoms with van der Waals surface area (Å²) in [6, 6.07) is 9.75. The lowest BCUT2D eigenvalue weighted by Gasteiger charge is -2.07. The molecule has 0 N–H and O–H groups in total. The first-order valence-electron chi connectivity index (χ1n) is 6.00. The molecule has 20 heavy (non-hydrogen) atoms. The number of rotatable bonds is 4. The third kappa shape index (κ3) is 2.64. The molecule has 5 nitrogen and oxygen atoms in total. The third-order valence-corrected chi connectivity index (χ3v) is 2.66. The highest BCUT2D eigenvalue weighted by Gasteiger charge is 2.09. The van der Waals surface area contributed by atoms with E-state index < -0.39 is 5.82 Å². The molecule has 3 aromatic rings. The first-order chi connectivity index (χ1) is 9.83. The van der Waals surface area contributed by atoms with E-state index in [1.54, 1.807) is 12.4 Å². The van der Waals surface area contributed by atoms with Gasteiger partial charge in [0.25, 0.3) is 0 Å². The molecule has 0 amide bonds. The normalized spacial score (nSPS) is 10.4. The summed E-state index contributed by atoms with van der Waals surface area (Å²) in [4.78, 5) is 11.7. The topological polar surface area (TPSA) is 52.8 Å². The van der Waals surface area contributed by atoms with Crippen molar-refractivity contribution in [2.45, 2.75) is 6.61 Å². The second-order valence-electron chi connectivity index (χ2n) is 4.07. The lowest BCUT2D eigenvalue weighted by Crippen LogP contribution is -2.05. The largest absolute Gasteiger partial charge is 0.459 e. The number of benzene rings is 1. The van der Waals surface area contributed by atoms with Crippen LogP contribution in [0.25, 0.3) is 5.82 Å². The molecule has 0 aliphatic heterocycles. The minimum atomic E-state index is -0.532. The van der Waals surface area contributed by atoms with Crippen molar-refractivity contribution in [2.24, 2.45) is 0 Å². The van der Waals surface area contributed by atoms with Gasteiger partial charge in [0.05, 0.1) is 6.20 Å². The zero-order chi connectivity index (χ0) is 13.8. The van der Waals surface area contributed by atoms with Crippen molar-refractivity contribution in [3.05, 3.63) is 66.6 Å². The van der Waals surface area contributed by atoms with Gasteiger partial charge >= 0.3 is 6.01 Å². The minimum Gasteiger partial charge on any atom is -0.459 e. The first kappa shape index (κ1) is 12.3. The predicted molar refractivity (Wildman–Crippen MR) is 69.9 cm³/mol. The summed E-state index contributed by atoms with van der Waals surface area (Å²) in [5.41, 5.74) is 0.990. The van der Waals surface area contributed by atoms with Gasteiger partial charge in [-0.05, 0) is 5.56 Å². The SMILES string of the molecule is Fc1cnc(OCc2ccccc2)nc1-n1ccnc1. The molecule has 0 fully saturated rings. The fourth-order valence-corrected chi connectivity index (χ4v) is 1.70. The summed E-state index contributed by atoms with van der Waals surface area (Å²) < 4.78 is 20.6. The van der Waals surface area contributed by atoms with Crippen LogP contribution in [0.2, 0.25) is 0 Å². The standard InChI is InChI=1S/C14H11FN4O/c15-12-8-17-14(18-13(12)19-7-6-16-10-19)20-9-11-4-2-1-3-5-11/h1-8,10H,9H2. The van der Waals surface area contributed by atoms with E-state index in [4.69, 9.17) is 4.74 Å². The van der Waals surface area contributed by atoms with Crippen molar-refractivity contribution in [2.75, 3.05) is 0 Å². The second-order valence-corrected chi connectivity index (χ2v) is 4.07. The van der Waals surface area contributed by atoms with Gasteiger partial charge in [0.2, 0.25) is 0 Å². The van der Waals surface area contributed by atoms with Crippen LogP contribution in [-0.4, -0.2) is 19.5 Å². The number of hydrogen-bond donors (Lipinski definition) is 0. The molecule has 0 radical (unpaired) electrons. The maximum Gasteiger partial charge on any atom is 0.318 e. The quantitative estimate of drug-likeness (QED) is 0.730. The molecular formula is C14H11FN4O. The molecule has 0 saturated heterocycles. The zero-order valence-electron chi connectivity index (χ0n) is 10.5. The van der Waals surface area contributed by atoms with Gasteiger partial charge in [-0.3, -0.25) is 4.57 Å². The Bertz CT molecular complexity index is 686. The van der Waals surface area contributed by atoms with Gasteiger partial charge in [0.15, 0.2) is 11.6 Å². The molecule has 2 aromatic heterocycles. The maximum atomic E-state index is 13.7. The predicted octanol–water partition coefficient (Wildman–Crippen LogP) is 2.38. The van der Waals surface area contributed by atoms with Crippen LogP contribution >= 0.6 is 0 Å². The van der Waals surface area contributed by atoms with Crippen LogP contribution < -0.4 is 4.74 Å². The molecule has 0 atom stereocenters. The number of imidazole rings is 1. The van der Waals surface area contributed by atoms with Crippen LogP contribution in [0.1, 0.15) is 5.56 Å². The lowest BCUT2D eigenvalue weighted by atomic mass is 10.2. The van der Waals surface area contributed by atoms with Gasteiger partial charge < -0.3 is 4.74 Å². The highest BCUT2D eigenvalue weighted by molar-refractivity contribution is 5.24. The summed E-state index contributed by atoms with van der Waals surface area (Å²) in [7, 11) is 0. The summed E-state index contributed by atoms with van der Waals surface area (Å²) in [6.07, 6.45) is 5.70. The van der Waals surface area contributed by atoms with Crippen LogP contribution in [0.5, 0.6) is 6.01 Å². The van der Waals surface area contributed by atoms with E-state index in [0.29, 0.717) is 6.61 Å². The Balaban J connectivity index is 1.79. The fraction of sp³-hybridized carbons (Fsp3) is 0.0714. The van der Waals surface area contributed by atoms with Gasteiger partial charge in [0, 0.05) is 12.4 Å². The molecule has 100 valence electrons. The van der Waals surface area contributed by atoms with Crippen LogP contribution in [0, 0.1) is 5.82 Å². The van der Waals surface area contributed by atoms with Gasteiger partial charge in [-0.2, -0.15) is 4.98 Å². The monoisotopic (exact) mass is 270 g/mol. The lowest BCUT2D eigenvalue weighted by molar-refractivity contribution is 0.279. The van der Waals surface area contributed by atoms with Gasteiger partial charge in [-0.25, -0.2) is 14.4 Å². The molecule has 0 unspecified atom stereocenters. The summed E-state index contributed by atoms with van der Waals surface area (Å²) in [6.45, 7) is 0.329. The van der Waals surface area contributed by atoms with Crippen molar-refractivity contribution in [1.82, 2.24) is 19.5 Å². The minimum absolute atomic E-state index is 0.112. The number of hydrogen-bond acceptors (Lipinski definition) is 4. The Morgan fingerprint density at radius 1 is 1.20 bits per heavy atom. The van der Waals surface area contributed by atoms with E-state index in [-0.39, 0.29) is 11.8 Å². The Hall–Kier alpha value is -2.76. The molecule has 2 heterocycles. The molecule has 0 aliphatic rings. The molecule has 0 bridgehead atoms. The van der Waals surface area contributed by atoms with E-state index in [9.17, 15) is 4.39 Å². The Kier molecular flexibility index (Phi) is 3.36. The average Bonchev–Trinajstić information content (AvgIpc) is 3.01. The Morgan fingerprint density at radius 3 is 2.80 bits per heavy atom. The van der Waals surface area contributed by atoms with Gasteiger partial charge in [0.1, 0.15) is 12.9 Å². The van der Waals surface area contributed by atoms with E-state index >= 15 is 0 Å². The van der Waals surface area contributed by atoms with Crippen molar-refractivity contribution in [3.8, 4) is 11.8 Å². The van der Waals surface area contributed by atoms with Crippen molar-refractivity contribution in [3.63, 3.8) is 0 Å². The average molecular weight is 270 g/mol. The van der Waals surface area contributed by atoms with Gasteiger partial charge in [-0.15, -0.1) is 0 Å². The maximum absolute atomic E-state index is 13.7. The summed E-state index contributed by atoms with van der Waals surface area (Å²) in [5, 5.41) is 0. The molecule has 3 rings (SSSR count). The Morgan fingerprint density at radius 2 is 2.05 bits per heavy atom. The molecule has 0 spiro atoms. The van der Waals surface area contributed by atoms with Crippen LogP contribution in [0.3, 0.4) is 0 Å². The molecule has 6 heteroatoms. The smallest absolute Gasteiger partial charge is 0.318 e. The number of ether oxygens (including phenoxy) is 1. The van der Waals surface area contributed by atoms with Crippen LogP contribution in [0.15, 0.2) is 55.2 Å². The number of nitrogens with zero attached hydrogens (tertiary/aromatic N) is 4. The van der Waals surface area contributed by atoms with E-state index in [1.165, 1.54) is 10.9 Å². The first-order valence-corrected chi connectivity index (χ1v) is 6.00. The van der Waals surface area contributed by atoms with E-state index in [2.05, 4.69) is 15.0 Å². The summed E-state index contributed by atoms with van der Waals surface area (Å²) in [5.74, 6) is -0.421. The van der Waals surface area contributed by atoms with Crippen molar-refractivity contribution >= 4 is 0 Å². The van der Waals surface area contributed by atoms with Crippen molar-refractivity contribution in [1.29, 1.82) is 0 Å². The van der Waals surface area contributed by atoms with Crippen molar-refractivity contribution < 1.29 is 9.13 Å². The molecule has 0 aliphatic carbocycles. The molecule has 1 aromatic carbocycles. The van der Waals surface area contributed by atoms with E-state index in [0.717, 1.165) is 11.8 Å². The number of aromatic nitrogens is 4. The number of halogens is 1. The Labute approximate surface area is 114 Å². The fourth-order valence-electron chi connectivity index (χ4n) is 1.70. The van der Waals surface area contributed by atoms with Crippen LogP contribution in [0.4, 0.5) is 4.39 Å². The van der Waals surface area contributed by atoms with Crippen LogP contribution in [-0.2, 0) is 6.61 Å². The summed E-state index contributed by atoms with van der Waals surface area (Å²) >= 11 is 0. The molecule has 0 saturated carbocycles. The second kappa shape index (κ2) is 5.48.